The second-order valence-corrected chi connectivity index (χ2v) is 7.87. The van der Waals surface area contributed by atoms with Crippen molar-refractivity contribution in [2.45, 2.75) is 12.6 Å². The standard InChI is InChI=1S/C26H18F3N5O/c27-26(28,29)19-5-2-4-18(15-19)25(35)32-20-6-1-3-16(13-20)14-22-33-21-9-12-31-24(21)23(34-22)17-7-10-30-11-8-17/h1-13,15,31H,14H2,(H,32,35). The molecule has 0 atom stereocenters. The van der Waals surface area contributed by atoms with Gasteiger partial charge in [-0.3, -0.25) is 9.78 Å². The van der Waals surface area contributed by atoms with Gasteiger partial charge in [-0.15, -0.1) is 0 Å². The topological polar surface area (TPSA) is 83.6 Å². The normalized spacial score (nSPS) is 11.5. The fourth-order valence-corrected chi connectivity index (χ4v) is 3.77. The molecule has 2 aromatic carbocycles. The van der Waals surface area contributed by atoms with Crippen LogP contribution in [0.5, 0.6) is 0 Å². The molecule has 0 aliphatic carbocycles. The maximum Gasteiger partial charge on any atom is 0.416 e. The molecule has 0 bridgehead atoms. The number of H-pyrrole nitrogens is 1. The van der Waals surface area contributed by atoms with Gasteiger partial charge in [0.1, 0.15) is 5.82 Å². The Labute approximate surface area is 197 Å². The van der Waals surface area contributed by atoms with E-state index in [1.54, 1.807) is 36.8 Å². The van der Waals surface area contributed by atoms with Crippen LogP contribution in [0.25, 0.3) is 22.3 Å². The molecular weight excluding hydrogens is 455 g/mol. The van der Waals surface area contributed by atoms with Crippen LogP contribution in [0.4, 0.5) is 18.9 Å². The average Bonchev–Trinajstić information content (AvgIpc) is 3.32. The number of anilines is 1. The zero-order chi connectivity index (χ0) is 24.4. The number of hydrogen-bond acceptors (Lipinski definition) is 4. The third-order valence-corrected chi connectivity index (χ3v) is 5.41. The van der Waals surface area contributed by atoms with Gasteiger partial charge in [-0.25, -0.2) is 9.97 Å². The molecule has 1 amide bonds. The number of pyridine rings is 1. The summed E-state index contributed by atoms with van der Waals surface area (Å²) < 4.78 is 38.9. The summed E-state index contributed by atoms with van der Waals surface area (Å²) in [5.74, 6) is -0.0384. The molecule has 9 heteroatoms. The summed E-state index contributed by atoms with van der Waals surface area (Å²) in [5, 5.41) is 2.67. The highest BCUT2D eigenvalue weighted by Gasteiger charge is 2.30. The van der Waals surface area contributed by atoms with E-state index in [4.69, 9.17) is 4.98 Å². The first-order chi connectivity index (χ1) is 16.9. The van der Waals surface area contributed by atoms with Gasteiger partial charge in [0.05, 0.1) is 22.3 Å². The van der Waals surface area contributed by atoms with Crippen molar-refractivity contribution in [2.75, 3.05) is 5.32 Å². The highest BCUT2D eigenvalue weighted by Crippen LogP contribution is 2.30. The Morgan fingerprint density at radius 3 is 2.54 bits per heavy atom. The highest BCUT2D eigenvalue weighted by molar-refractivity contribution is 6.04. The van der Waals surface area contributed by atoms with Gasteiger partial charge in [-0.1, -0.05) is 18.2 Å². The number of amides is 1. The van der Waals surface area contributed by atoms with Crippen LogP contribution in [0.3, 0.4) is 0 Å². The summed E-state index contributed by atoms with van der Waals surface area (Å²) in [5.41, 5.74) is 3.60. The summed E-state index contributed by atoms with van der Waals surface area (Å²) in [6.07, 6.45) is 1.07. The Morgan fingerprint density at radius 2 is 1.74 bits per heavy atom. The van der Waals surface area contributed by atoms with E-state index in [-0.39, 0.29) is 5.56 Å². The van der Waals surface area contributed by atoms with Crippen LogP contribution in [0.15, 0.2) is 85.3 Å². The van der Waals surface area contributed by atoms with Crippen molar-refractivity contribution < 1.29 is 18.0 Å². The van der Waals surface area contributed by atoms with Gasteiger partial charge in [0.2, 0.25) is 0 Å². The van der Waals surface area contributed by atoms with Crippen LogP contribution in [0, 0.1) is 0 Å². The van der Waals surface area contributed by atoms with Crippen molar-refractivity contribution in [1.82, 2.24) is 19.9 Å². The molecule has 6 nitrogen and oxygen atoms in total. The van der Waals surface area contributed by atoms with E-state index in [9.17, 15) is 18.0 Å². The summed E-state index contributed by atoms with van der Waals surface area (Å²) in [6, 6.07) is 17.0. The summed E-state index contributed by atoms with van der Waals surface area (Å²) in [6.45, 7) is 0. The van der Waals surface area contributed by atoms with E-state index in [1.807, 2.05) is 24.3 Å². The van der Waals surface area contributed by atoms with E-state index < -0.39 is 17.6 Å². The molecule has 5 rings (SSSR count). The lowest BCUT2D eigenvalue weighted by Gasteiger charge is -2.10. The van der Waals surface area contributed by atoms with Gasteiger partial charge in [-0.2, -0.15) is 13.2 Å². The molecule has 3 aromatic heterocycles. The molecule has 0 spiro atoms. The molecule has 0 aliphatic rings. The second kappa shape index (κ2) is 9.02. The van der Waals surface area contributed by atoms with E-state index in [2.05, 4.69) is 20.3 Å². The minimum Gasteiger partial charge on any atom is -0.358 e. The van der Waals surface area contributed by atoms with Crippen LogP contribution in [0.2, 0.25) is 0 Å². The van der Waals surface area contributed by atoms with Gasteiger partial charge in [0.15, 0.2) is 0 Å². The average molecular weight is 473 g/mol. The minimum atomic E-state index is -4.52. The highest BCUT2D eigenvalue weighted by atomic mass is 19.4. The molecule has 2 N–H and O–H groups in total. The van der Waals surface area contributed by atoms with Gasteiger partial charge in [-0.05, 0) is 54.1 Å². The number of nitrogens with one attached hydrogen (secondary N) is 2. The summed E-state index contributed by atoms with van der Waals surface area (Å²) in [7, 11) is 0. The number of benzene rings is 2. The van der Waals surface area contributed by atoms with Gasteiger partial charge >= 0.3 is 6.18 Å². The predicted molar refractivity (Wildman–Crippen MR) is 126 cm³/mol. The largest absolute Gasteiger partial charge is 0.416 e. The first kappa shape index (κ1) is 22.3. The maximum atomic E-state index is 13.0. The van der Waals surface area contributed by atoms with E-state index >= 15 is 0 Å². The van der Waals surface area contributed by atoms with Crippen LogP contribution < -0.4 is 5.32 Å². The molecule has 0 fully saturated rings. The number of halogens is 3. The summed E-state index contributed by atoms with van der Waals surface area (Å²) in [4.78, 5) is 29.2. The molecule has 3 heterocycles. The Kier molecular flexibility index (Phi) is 5.74. The number of aromatic nitrogens is 4. The van der Waals surface area contributed by atoms with Crippen LogP contribution in [0.1, 0.15) is 27.3 Å². The minimum absolute atomic E-state index is 0.0755. The smallest absolute Gasteiger partial charge is 0.358 e. The molecule has 5 aromatic rings. The second-order valence-electron chi connectivity index (χ2n) is 7.87. The molecule has 0 saturated carbocycles. The van der Waals surface area contributed by atoms with Crippen molar-refractivity contribution in [1.29, 1.82) is 0 Å². The molecule has 0 saturated heterocycles. The van der Waals surface area contributed by atoms with Gasteiger partial charge in [0.25, 0.3) is 5.91 Å². The Morgan fingerprint density at radius 1 is 0.943 bits per heavy atom. The van der Waals surface area contributed by atoms with E-state index in [0.717, 1.165) is 40.0 Å². The number of carbonyl (C=O) groups excluding carboxylic acids is 1. The first-order valence-corrected chi connectivity index (χ1v) is 10.7. The van der Waals surface area contributed by atoms with Gasteiger partial charge < -0.3 is 10.3 Å². The fraction of sp³-hybridized carbons (Fsp3) is 0.0769. The van der Waals surface area contributed by atoms with Crippen LogP contribution >= 0.6 is 0 Å². The van der Waals surface area contributed by atoms with Crippen molar-refractivity contribution in [3.8, 4) is 11.3 Å². The molecular formula is C26H18F3N5O. The quantitative estimate of drug-likeness (QED) is 0.334. The zero-order valence-electron chi connectivity index (χ0n) is 18.2. The molecule has 0 aliphatic heterocycles. The number of carbonyl (C=O) groups is 1. The zero-order valence-corrected chi connectivity index (χ0v) is 18.2. The fourth-order valence-electron chi connectivity index (χ4n) is 3.77. The summed E-state index contributed by atoms with van der Waals surface area (Å²) >= 11 is 0. The number of fused-ring (bicyclic) bond motifs is 1. The van der Waals surface area contributed by atoms with Crippen molar-refractivity contribution >= 4 is 22.6 Å². The van der Waals surface area contributed by atoms with Crippen LogP contribution in [-0.4, -0.2) is 25.8 Å². The molecule has 0 unspecified atom stereocenters. The Balaban J connectivity index is 1.39. The molecule has 0 radical (unpaired) electrons. The van der Waals surface area contributed by atoms with Crippen molar-refractivity contribution in [2.24, 2.45) is 0 Å². The third kappa shape index (κ3) is 4.89. The lowest BCUT2D eigenvalue weighted by atomic mass is 10.1. The Bertz CT molecular complexity index is 1510. The maximum absolute atomic E-state index is 13.0. The van der Waals surface area contributed by atoms with Crippen molar-refractivity contribution in [3.05, 3.63) is 108 Å². The first-order valence-electron chi connectivity index (χ1n) is 10.7. The predicted octanol–water partition coefficient (Wildman–Crippen LogP) is 5.88. The number of hydrogen-bond donors (Lipinski definition) is 2. The number of aromatic amines is 1. The van der Waals surface area contributed by atoms with E-state index in [1.165, 1.54) is 12.1 Å². The number of alkyl halides is 3. The third-order valence-electron chi connectivity index (χ3n) is 5.41. The van der Waals surface area contributed by atoms with Gasteiger partial charge in [0, 0.05) is 41.8 Å². The number of rotatable bonds is 5. The molecule has 174 valence electrons. The van der Waals surface area contributed by atoms with Crippen LogP contribution in [-0.2, 0) is 12.6 Å². The van der Waals surface area contributed by atoms with E-state index in [0.29, 0.717) is 17.9 Å². The number of nitrogens with zero attached hydrogens (tertiary/aromatic N) is 3. The monoisotopic (exact) mass is 473 g/mol. The Hall–Kier alpha value is -4.53. The lowest BCUT2D eigenvalue weighted by molar-refractivity contribution is -0.137. The lowest BCUT2D eigenvalue weighted by Crippen LogP contribution is -2.14. The molecule has 35 heavy (non-hydrogen) atoms. The van der Waals surface area contributed by atoms with Crippen molar-refractivity contribution in [3.63, 3.8) is 0 Å². The SMILES string of the molecule is O=C(Nc1cccc(Cc2nc(-c3ccncc3)c3[nH]ccc3n2)c1)c1cccc(C(F)(F)F)c1.